The van der Waals surface area contributed by atoms with E-state index in [0.29, 0.717) is 13.2 Å². The van der Waals surface area contributed by atoms with Gasteiger partial charge in [-0.15, -0.1) is 0 Å². The third-order valence-electron chi connectivity index (χ3n) is 3.66. The predicted molar refractivity (Wildman–Crippen MR) is 91.2 cm³/mol. The maximum absolute atomic E-state index is 11.4. The van der Waals surface area contributed by atoms with Crippen molar-refractivity contribution >= 4 is 10.1 Å². The van der Waals surface area contributed by atoms with E-state index in [1.807, 2.05) is 27.7 Å². The molecule has 9 nitrogen and oxygen atoms in total. The van der Waals surface area contributed by atoms with Gasteiger partial charge in [-0.1, -0.05) is 0 Å². The van der Waals surface area contributed by atoms with Crippen molar-refractivity contribution in [2.24, 2.45) is 0 Å². The molecule has 0 aromatic heterocycles. The Morgan fingerprint density at radius 2 is 1.35 bits per heavy atom. The molecule has 2 unspecified atom stereocenters. The molecule has 0 spiro atoms. The van der Waals surface area contributed by atoms with Crippen LogP contribution in [0, 0.1) is 0 Å². The minimum Gasteiger partial charge on any atom is -0.376 e. The molecular weight excluding hydrogens is 368 g/mol. The Hall–Kier alpha value is -0.330. The number of hydrogen-bond acceptors (Lipinski definition) is 9. The summed E-state index contributed by atoms with van der Waals surface area (Å²) in [5, 5.41) is 0. The van der Waals surface area contributed by atoms with Crippen LogP contribution in [0.25, 0.3) is 0 Å². The van der Waals surface area contributed by atoms with Crippen LogP contribution in [0.4, 0.5) is 0 Å². The van der Waals surface area contributed by atoms with Gasteiger partial charge in [0, 0.05) is 0 Å². The van der Waals surface area contributed by atoms with Crippen LogP contribution in [0.1, 0.15) is 27.7 Å². The lowest BCUT2D eigenvalue weighted by Crippen LogP contribution is -2.32. The maximum atomic E-state index is 11.4. The van der Waals surface area contributed by atoms with E-state index in [9.17, 15) is 8.42 Å². The van der Waals surface area contributed by atoms with Gasteiger partial charge in [-0.2, -0.15) is 8.42 Å². The van der Waals surface area contributed by atoms with E-state index in [-0.39, 0.29) is 38.6 Å². The van der Waals surface area contributed by atoms with Crippen LogP contribution >= 0.6 is 0 Å². The van der Waals surface area contributed by atoms with Crippen molar-refractivity contribution in [3.8, 4) is 0 Å². The highest BCUT2D eigenvalue weighted by molar-refractivity contribution is 7.86. The van der Waals surface area contributed by atoms with Crippen molar-refractivity contribution in [1.82, 2.24) is 0 Å². The van der Waals surface area contributed by atoms with E-state index in [1.54, 1.807) is 0 Å². The monoisotopic (exact) mass is 398 g/mol. The molecule has 2 heterocycles. The van der Waals surface area contributed by atoms with Crippen molar-refractivity contribution in [3.05, 3.63) is 0 Å². The summed E-state index contributed by atoms with van der Waals surface area (Å²) in [6.45, 7) is 8.83. The Labute approximate surface area is 155 Å². The van der Waals surface area contributed by atoms with Gasteiger partial charge in [0.15, 0.2) is 11.6 Å². The maximum Gasteiger partial charge on any atom is 0.264 e. The second-order valence-corrected chi connectivity index (χ2v) is 9.00. The molecule has 154 valence electrons. The highest BCUT2D eigenvalue weighted by Gasteiger charge is 2.34. The molecule has 0 aliphatic carbocycles. The van der Waals surface area contributed by atoms with E-state index in [2.05, 4.69) is 0 Å². The fourth-order valence-electron chi connectivity index (χ4n) is 2.70. The molecule has 2 fully saturated rings. The second-order valence-electron chi connectivity index (χ2n) is 7.40. The van der Waals surface area contributed by atoms with Crippen LogP contribution < -0.4 is 0 Å². The van der Waals surface area contributed by atoms with Crippen LogP contribution in [-0.2, 0) is 42.7 Å². The van der Waals surface area contributed by atoms with Gasteiger partial charge in [-0.3, -0.25) is 4.18 Å². The van der Waals surface area contributed by atoms with E-state index in [0.717, 1.165) is 6.26 Å². The van der Waals surface area contributed by atoms with Crippen LogP contribution in [0.15, 0.2) is 0 Å². The molecule has 26 heavy (non-hydrogen) atoms. The smallest absolute Gasteiger partial charge is 0.264 e. The average Bonchev–Trinajstić information content (AvgIpc) is 2.99. The van der Waals surface area contributed by atoms with Crippen molar-refractivity contribution in [2.75, 3.05) is 45.9 Å². The summed E-state index contributed by atoms with van der Waals surface area (Å²) in [6.07, 6.45) is -0.157. The fraction of sp³-hybridized carbons (Fsp3) is 1.00. The third-order valence-corrected chi connectivity index (χ3v) is 4.28. The van der Waals surface area contributed by atoms with Gasteiger partial charge in [0.05, 0.1) is 45.9 Å². The summed E-state index contributed by atoms with van der Waals surface area (Å²) in [4.78, 5) is 0. The van der Waals surface area contributed by atoms with Crippen LogP contribution in [0.5, 0.6) is 0 Å². The number of ether oxygens (including phenoxy) is 6. The average molecular weight is 398 g/mol. The number of rotatable bonds is 10. The van der Waals surface area contributed by atoms with Gasteiger partial charge < -0.3 is 28.4 Å². The summed E-state index contributed by atoms with van der Waals surface area (Å²) in [5.74, 6) is -1.26. The van der Waals surface area contributed by atoms with Crippen LogP contribution in [-0.4, -0.2) is 84.2 Å². The minimum absolute atomic E-state index is 0.0564. The van der Waals surface area contributed by atoms with Gasteiger partial charge in [-0.05, 0) is 27.7 Å². The first kappa shape index (κ1) is 22.0. The Morgan fingerprint density at radius 3 is 1.65 bits per heavy atom. The minimum atomic E-state index is -3.63. The number of hydrogen-bond donors (Lipinski definition) is 0. The molecule has 0 amide bonds. The first-order valence-corrected chi connectivity index (χ1v) is 10.4. The van der Waals surface area contributed by atoms with Gasteiger partial charge in [0.1, 0.15) is 18.3 Å². The molecule has 0 aromatic rings. The zero-order valence-electron chi connectivity index (χ0n) is 16.1. The van der Waals surface area contributed by atoms with Gasteiger partial charge >= 0.3 is 0 Å². The topological polar surface area (TPSA) is 98.8 Å². The highest BCUT2D eigenvalue weighted by atomic mass is 32.2. The molecule has 0 saturated carbocycles. The molecule has 0 radical (unpaired) electrons. The highest BCUT2D eigenvalue weighted by Crippen LogP contribution is 2.23. The van der Waals surface area contributed by atoms with Crippen molar-refractivity contribution in [3.63, 3.8) is 0 Å². The molecule has 2 rings (SSSR count). The van der Waals surface area contributed by atoms with Crippen molar-refractivity contribution < 1.29 is 41.0 Å². The standard InChI is InChI=1S/C16H30O9S/c1-15(2)21-10-12(23-15)6-19-8-14(25-26(5,17)18)9-20-7-13-11-22-16(3,4)24-13/h12-14H,6-11H2,1-5H3. The molecule has 2 saturated heterocycles. The molecule has 2 aliphatic rings. The molecule has 2 aliphatic heterocycles. The lowest BCUT2D eigenvalue weighted by Gasteiger charge is -2.20. The molecule has 0 aromatic carbocycles. The predicted octanol–water partition coefficient (Wildman–Crippen LogP) is 0.667. The first-order chi connectivity index (χ1) is 11.9. The summed E-state index contributed by atoms with van der Waals surface area (Å²) < 4.78 is 61.1. The Balaban J connectivity index is 1.71. The van der Waals surface area contributed by atoms with Crippen molar-refractivity contribution in [1.29, 1.82) is 0 Å². The van der Waals surface area contributed by atoms with Gasteiger partial charge in [0.25, 0.3) is 10.1 Å². The zero-order valence-corrected chi connectivity index (χ0v) is 16.9. The Bertz CT molecular complexity index is 514. The first-order valence-electron chi connectivity index (χ1n) is 8.61. The molecule has 0 N–H and O–H groups in total. The van der Waals surface area contributed by atoms with E-state index < -0.39 is 27.8 Å². The Morgan fingerprint density at radius 1 is 0.923 bits per heavy atom. The SMILES string of the molecule is CC1(C)OCC(COCC(COCC2COC(C)(C)O2)OS(C)(=O)=O)O1. The zero-order chi connectivity index (χ0) is 19.4. The largest absolute Gasteiger partial charge is 0.376 e. The molecule has 2 atom stereocenters. The summed E-state index contributed by atoms with van der Waals surface area (Å²) in [6, 6.07) is 0. The Kier molecular flexibility index (Phi) is 7.42. The summed E-state index contributed by atoms with van der Waals surface area (Å²) in [5.41, 5.74) is 0. The van der Waals surface area contributed by atoms with Gasteiger partial charge in [0.2, 0.25) is 0 Å². The van der Waals surface area contributed by atoms with Crippen LogP contribution in [0.3, 0.4) is 0 Å². The van der Waals surface area contributed by atoms with E-state index in [1.165, 1.54) is 0 Å². The lowest BCUT2D eigenvalue weighted by molar-refractivity contribution is -0.148. The fourth-order valence-corrected chi connectivity index (χ4v) is 3.31. The quantitative estimate of drug-likeness (QED) is 0.492. The second kappa shape index (κ2) is 8.78. The summed E-state index contributed by atoms with van der Waals surface area (Å²) in [7, 11) is -3.63. The molecule has 0 bridgehead atoms. The normalized spacial score (nSPS) is 29.1. The lowest BCUT2D eigenvalue weighted by atomic mass is 10.3. The third kappa shape index (κ3) is 8.13. The van der Waals surface area contributed by atoms with Gasteiger partial charge in [-0.25, -0.2) is 0 Å². The van der Waals surface area contributed by atoms with Crippen molar-refractivity contribution in [2.45, 2.75) is 57.6 Å². The molecule has 10 heteroatoms. The molecular formula is C16H30O9S. The summed E-state index contributed by atoms with van der Waals surface area (Å²) >= 11 is 0. The van der Waals surface area contributed by atoms with E-state index in [4.69, 9.17) is 32.6 Å². The van der Waals surface area contributed by atoms with E-state index >= 15 is 0 Å². The van der Waals surface area contributed by atoms with Crippen LogP contribution in [0.2, 0.25) is 0 Å².